The Hall–Kier alpha value is -2.89. The number of rotatable bonds is 32. The highest BCUT2D eigenvalue weighted by Gasteiger charge is 2.11. The van der Waals surface area contributed by atoms with Gasteiger partial charge in [-0.15, -0.1) is 0 Å². The zero-order chi connectivity index (χ0) is 33.8. The quantitative estimate of drug-likeness (QED) is 0.0433. The Morgan fingerprint density at radius 1 is 0.609 bits per heavy atom. The van der Waals surface area contributed by atoms with Gasteiger partial charge in [0.1, 0.15) is 12.6 Å². The van der Waals surface area contributed by atoms with Crippen LogP contribution >= 0.6 is 0 Å². The van der Waals surface area contributed by atoms with Gasteiger partial charge in [-0.25, -0.2) is 0 Å². The lowest BCUT2D eigenvalue weighted by Gasteiger charge is -2.14. The van der Waals surface area contributed by atoms with E-state index in [1.165, 1.54) is 64.2 Å². The molecule has 2 N–H and O–H groups in total. The summed E-state index contributed by atoms with van der Waals surface area (Å²) in [5.74, 6) is -1.38. The van der Waals surface area contributed by atoms with Gasteiger partial charge in [-0.05, 0) is 83.1 Å². The number of carboxylic acids is 1. The molecule has 1 amide bonds. The molecule has 0 aliphatic carbocycles. The first-order chi connectivity index (χ1) is 22.5. The summed E-state index contributed by atoms with van der Waals surface area (Å²) in [6, 6.07) is 0. The van der Waals surface area contributed by atoms with Crippen molar-refractivity contribution in [2.75, 3.05) is 6.54 Å². The van der Waals surface area contributed by atoms with Crippen LogP contribution < -0.4 is 5.32 Å². The number of hydrogen-bond donors (Lipinski definition) is 2. The fourth-order valence-corrected chi connectivity index (χ4v) is 4.95. The van der Waals surface area contributed by atoms with Crippen LogP contribution in [-0.2, 0) is 19.1 Å². The molecule has 0 aromatic heterocycles. The van der Waals surface area contributed by atoms with Gasteiger partial charge in [-0.1, -0.05) is 126 Å². The van der Waals surface area contributed by atoms with Crippen molar-refractivity contribution in [1.82, 2.24) is 5.32 Å². The van der Waals surface area contributed by atoms with Crippen LogP contribution in [0.5, 0.6) is 0 Å². The number of carboxylic acid groups (broad SMARTS) is 1. The topological polar surface area (TPSA) is 92.7 Å². The fraction of sp³-hybridized carbons (Fsp3) is 0.675. The number of allylic oxidation sites excluding steroid dienone is 9. The summed E-state index contributed by atoms with van der Waals surface area (Å²) in [7, 11) is 0. The average molecular weight is 642 g/mol. The Morgan fingerprint density at radius 2 is 1.13 bits per heavy atom. The number of amides is 1. The summed E-state index contributed by atoms with van der Waals surface area (Å²) in [4.78, 5) is 34.8. The first-order valence-corrected chi connectivity index (χ1v) is 18.4. The Labute approximate surface area is 281 Å². The molecule has 0 aromatic rings. The van der Waals surface area contributed by atoms with Crippen LogP contribution in [-0.4, -0.2) is 35.6 Å². The van der Waals surface area contributed by atoms with Gasteiger partial charge in [0, 0.05) is 12.8 Å². The van der Waals surface area contributed by atoms with Gasteiger partial charge in [0.05, 0.1) is 0 Å². The number of aliphatic carboxylic acids is 1. The van der Waals surface area contributed by atoms with E-state index in [1.54, 1.807) is 0 Å². The predicted molar refractivity (Wildman–Crippen MR) is 194 cm³/mol. The minimum Gasteiger partial charge on any atom is -0.480 e. The number of nitrogens with one attached hydrogen (secondary N) is 1. The smallest absolute Gasteiger partial charge is 0.322 e. The van der Waals surface area contributed by atoms with Crippen molar-refractivity contribution in [2.24, 2.45) is 0 Å². The van der Waals surface area contributed by atoms with E-state index in [0.717, 1.165) is 70.6 Å². The highest BCUT2D eigenvalue weighted by atomic mass is 16.5. The highest BCUT2D eigenvalue weighted by molar-refractivity contribution is 5.80. The van der Waals surface area contributed by atoms with Crippen molar-refractivity contribution in [2.45, 2.75) is 168 Å². The molecule has 0 fully saturated rings. The van der Waals surface area contributed by atoms with E-state index in [-0.39, 0.29) is 24.5 Å². The van der Waals surface area contributed by atoms with Crippen LogP contribution in [0.15, 0.2) is 60.8 Å². The third kappa shape index (κ3) is 34.0. The van der Waals surface area contributed by atoms with E-state index in [0.29, 0.717) is 12.8 Å². The normalized spacial score (nSPS) is 12.7. The van der Waals surface area contributed by atoms with Crippen LogP contribution in [0.1, 0.15) is 162 Å². The molecule has 1 unspecified atom stereocenters. The van der Waals surface area contributed by atoms with Crippen molar-refractivity contribution in [3.8, 4) is 0 Å². The first kappa shape index (κ1) is 43.1. The number of carbonyl (C=O) groups excluding carboxylic acids is 2. The standard InChI is InChI=1S/C40H67NO5/c1-3-5-7-9-11-13-14-15-16-17-18-19-20-21-23-25-31-35-40(45)46-37(32-28-24-22-12-10-8-6-4-2)33-29-26-27-30-34-38(42)41-36-39(43)44/h6,8,11-13,15-16,22,28,32,37H,3-5,7,9-10,14,17-21,23-27,29-31,33-36H2,1-2H3,(H,41,42)(H,43,44)/b8-6-,13-11-,16-15-,22-12-,32-28-. The number of unbranched alkanes of at least 4 members (excludes halogenated alkanes) is 13. The van der Waals surface area contributed by atoms with Crippen LogP contribution in [0.3, 0.4) is 0 Å². The van der Waals surface area contributed by atoms with Crippen LogP contribution in [0.2, 0.25) is 0 Å². The van der Waals surface area contributed by atoms with E-state index in [4.69, 9.17) is 9.84 Å². The monoisotopic (exact) mass is 642 g/mol. The van der Waals surface area contributed by atoms with Crippen molar-refractivity contribution in [1.29, 1.82) is 0 Å². The molecule has 0 heterocycles. The van der Waals surface area contributed by atoms with Gasteiger partial charge in [0.2, 0.25) is 5.91 Å². The summed E-state index contributed by atoms with van der Waals surface area (Å²) >= 11 is 0. The van der Waals surface area contributed by atoms with E-state index in [9.17, 15) is 14.4 Å². The van der Waals surface area contributed by atoms with E-state index < -0.39 is 5.97 Å². The maximum Gasteiger partial charge on any atom is 0.322 e. The Morgan fingerprint density at radius 3 is 1.76 bits per heavy atom. The summed E-state index contributed by atoms with van der Waals surface area (Å²) in [6.07, 6.45) is 45.0. The number of ether oxygens (including phenoxy) is 1. The lowest BCUT2D eigenvalue weighted by Crippen LogP contribution is -2.28. The molecule has 6 nitrogen and oxygen atoms in total. The molecule has 46 heavy (non-hydrogen) atoms. The lowest BCUT2D eigenvalue weighted by atomic mass is 10.1. The van der Waals surface area contributed by atoms with Gasteiger partial charge < -0.3 is 15.2 Å². The molecule has 0 radical (unpaired) electrons. The molecule has 262 valence electrons. The maximum atomic E-state index is 12.6. The van der Waals surface area contributed by atoms with Crippen molar-refractivity contribution < 1.29 is 24.2 Å². The predicted octanol–water partition coefficient (Wildman–Crippen LogP) is 10.9. The van der Waals surface area contributed by atoms with Gasteiger partial charge in [-0.3, -0.25) is 14.4 Å². The third-order valence-electron chi connectivity index (χ3n) is 7.66. The van der Waals surface area contributed by atoms with E-state index >= 15 is 0 Å². The van der Waals surface area contributed by atoms with Gasteiger partial charge in [0.15, 0.2) is 0 Å². The molecule has 0 bridgehead atoms. The second kappa shape index (κ2) is 35.0. The lowest BCUT2D eigenvalue weighted by molar-refractivity contribution is -0.147. The second-order valence-electron chi connectivity index (χ2n) is 12.1. The Balaban J connectivity index is 4.18. The molecule has 0 aliphatic rings. The average Bonchev–Trinajstić information content (AvgIpc) is 3.04. The molecule has 0 rings (SSSR count). The zero-order valence-electron chi connectivity index (χ0n) is 29.4. The zero-order valence-corrected chi connectivity index (χ0v) is 29.4. The van der Waals surface area contributed by atoms with Crippen molar-refractivity contribution >= 4 is 17.8 Å². The molecular formula is C40H67NO5. The third-order valence-corrected chi connectivity index (χ3v) is 7.66. The van der Waals surface area contributed by atoms with Crippen LogP contribution in [0, 0.1) is 0 Å². The SMILES string of the molecule is CC/C=C\C/C=C\C/C=C\C(CCCCCCC(=O)NCC(=O)O)OC(=O)CCCCCCCCC/C=C\C/C=C\CCCCC. The van der Waals surface area contributed by atoms with Crippen LogP contribution in [0.4, 0.5) is 0 Å². The molecule has 0 spiro atoms. The molecule has 1 atom stereocenters. The largest absolute Gasteiger partial charge is 0.480 e. The Kier molecular flexibility index (Phi) is 32.8. The minimum atomic E-state index is -1.03. The molecule has 6 heteroatoms. The molecule has 0 aliphatic heterocycles. The molecule has 0 aromatic carbocycles. The first-order valence-electron chi connectivity index (χ1n) is 18.4. The highest BCUT2D eigenvalue weighted by Crippen LogP contribution is 2.15. The van der Waals surface area contributed by atoms with Gasteiger partial charge in [-0.2, -0.15) is 0 Å². The summed E-state index contributed by atoms with van der Waals surface area (Å²) in [5.41, 5.74) is 0. The number of carbonyl (C=O) groups is 3. The Bertz CT molecular complexity index is 886. The van der Waals surface area contributed by atoms with Crippen molar-refractivity contribution in [3.05, 3.63) is 60.8 Å². The van der Waals surface area contributed by atoms with Crippen molar-refractivity contribution in [3.63, 3.8) is 0 Å². The summed E-state index contributed by atoms with van der Waals surface area (Å²) in [6.45, 7) is 4.03. The number of hydrogen-bond acceptors (Lipinski definition) is 4. The van der Waals surface area contributed by atoms with Gasteiger partial charge in [0.25, 0.3) is 0 Å². The summed E-state index contributed by atoms with van der Waals surface area (Å²) in [5, 5.41) is 11.0. The van der Waals surface area contributed by atoms with E-state index in [2.05, 4.69) is 73.8 Å². The van der Waals surface area contributed by atoms with Crippen LogP contribution in [0.25, 0.3) is 0 Å². The molecule has 0 saturated heterocycles. The molecule has 0 saturated carbocycles. The maximum absolute atomic E-state index is 12.6. The number of esters is 1. The van der Waals surface area contributed by atoms with Gasteiger partial charge >= 0.3 is 11.9 Å². The molecular weight excluding hydrogens is 574 g/mol. The summed E-state index contributed by atoms with van der Waals surface area (Å²) < 4.78 is 5.85. The fourth-order valence-electron chi connectivity index (χ4n) is 4.95. The second-order valence-corrected chi connectivity index (χ2v) is 12.1. The minimum absolute atomic E-state index is 0.118. The van der Waals surface area contributed by atoms with E-state index in [1.807, 2.05) is 6.08 Å².